The molecule has 1 aromatic carbocycles. The molecule has 3 heterocycles. The van der Waals surface area contributed by atoms with Crippen molar-refractivity contribution in [2.75, 3.05) is 36.0 Å². The number of carboxylic acids is 1. The molecule has 1 aliphatic rings. The van der Waals surface area contributed by atoms with Crippen LogP contribution in [0.5, 0.6) is 0 Å². The lowest BCUT2D eigenvalue weighted by atomic mass is 10.2. The Kier molecular flexibility index (Phi) is 4.04. The highest BCUT2D eigenvalue weighted by atomic mass is 16.4. The summed E-state index contributed by atoms with van der Waals surface area (Å²) in [6, 6.07) is 12.0. The van der Waals surface area contributed by atoms with Gasteiger partial charge in [-0.1, -0.05) is 18.2 Å². The molecule has 3 aromatic rings. The smallest absolute Gasteiger partial charge is 0.352 e. The van der Waals surface area contributed by atoms with Crippen molar-refractivity contribution in [2.45, 2.75) is 6.54 Å². The number of piperazine rings is 1. The molecule has 134 valence electrons. The van der Waals surface area contributed by atoms with E-state index in [0.717, 1.165) is 36.7 Å². The molecule has 9 heteroatoms. The van der Waals surface area contributed by atoms with E-state index >= 15 is 0 Å². The lowest BCUT2D eigenvalue weighted by molar-refractivity contribution is -0.137. The summed E-state index contributed by atoms with van der Waals surface area (Å²) in [5, 5.41) is 12.9. The van der Waals surface area contributed by atoms with Crippen LogP contribution in [0, 0.1) is 0 Å². The number of fused-ring (bicyclic) bond motifs is 1. The largest absolute Gasteiger partial charge is 0.480 e. The Labute approximate surface area is 148 Å². The molecule has 1 saturated heterocycles. The Hall–Kier alpha value is -3.36. The fourth-order valence-electron chi connectivity index (χ4n) is 3.15. The second kappa shape index (κ2) is 6.51. The maximum atomic E-state index is 12.1. The standard InChI is InChI=1S/C17H18N6O3/c24-16(25)11-23-17(26)22-12-18-14(10-15(22)19-23)21-8-6-20(7-9-21)13-4-2-1-3-5-13/h1-5,10,12H,6-9,11H2,(H,24,25). The number of benzene rings is 1. The maximum absolute atomic E-state index is 12.1. The van der Waals surface area contributed by atoms with E-state index in [4.69, 9.17) is 5.11 Å². The van der Waals surface area contributed by atoms with Crippen LogP contribution in [0.2, 0.25) is 0 Å². The van der Waals surface area contributed by atoms with E-state index in [1.54, 1.807) is 6.07 Å². The molecule has 9 nitrogen and oxygen atoms in total. The molecule has 4 rings (SSSR count). The molecule has 2 aromatic heterocycles. The van der Waals surface area contributed by atoms with E-state index < -0.39 is 18.2 Å². The number of hydrogen-bond donors (Lipinski definition) is 1. The predicted molar refractivity (Wildman–Crippen MR) is 95.8 cm³/mol. The van der Waals surface area contributed by atoms with Crippen LogP contribution in [0.1, 0.15) is 0 Å². The first kappa shape index (κ1) is 16.1. The first-order valence-electron chi connectivity index (χ1n) is 8.34. The van der Waals surface area contributed by atoms with Gasteiger partial charge in [-0.2, -0.15) is 0 Å². The van der Waals surface area contributed by atoms with Gasteiger partial charge in [0.05, 0.1) is 0 Å². The van der Waals surface area contributed by atoms with Gasteiger partial charge in [-0.25, -0.2) is 18.9 Å². The van der Waals surface area contributed by atoms with Crippen LogP contribution in [0.25, 0.3) is 5.65 Å². The Balaban J connectivity index is 1.53. The molecule has 0 saturated carbocycles. The van der Waals surface area contributed by atoms with Crippen LogP contribution >= 0.6 is 0 Å². The molecule has 0 atom stereocenters. The number of aromatic nitrogens is 4. The van der Waals surface area contributed by atoms with Crippen molar-refractivity contribution in [2.24, 2.45) is 0 Å². The number of anilines is 2. The molecule has 0 spiro atoms. The lowest BCUT2D eigenvalue weighted by Gasteiger charge is -2.36. The van der Waals surface area contributed by atoms with E-state index in [1.807, 2.05) is 18.2 Å². The SMILES string of the molecule is O=C(O)Cn1nc2cc(N3CCN(c4ccccc4)CC3)ncn2c1=O. The number of carbonyl (C=O) groups is 1. The first-order chi connectivity index (χ1) is 12.6. The molecule has 0 unspecified atom stereocenters. The van der Waals surface area contributed by atoms with Gasteiger partial charge in [0.25, 0.3) is 0 Å². The van der Waals surface area contributed by atoms with Crippen molar-refractivity contribution >= 4 is 23.1 Å². The average molecular weight is 354 g/mol. The van der Waals surface area contributed by atoms with Gasteiger partial charge in [0.1, 0.15) is 18.7 Å². The summed E-state index contributed by atoms with van der Waals surface area (Å²) < 4.78 is 2.18. The van der Waals surface area contributed by atoms with Crippen molar-refractivity contribution < 1.29 is 9.90 Å². The van der Waals surface area contributed by atoms with E-state index in [2.05, 4.69) is 32.0 Å². The highest BCUT2D eigenvalue weighted by Crippen LogP contribution is 2.19. The number of para-hydroxylation sites is 1. The number of nitrogens with zero attached hydrogens (tertiary/aromatic N) is 6. The number of rotatable bonds is 4. The van der Waals surface area contributed by atoms with E-state index in [0.29, 0.717) is 5.65 Å². The van der Waals surface area contributed by atoms with Crippen LogP contribution in [0.3, 0.4) is 0 Å². The van der Waals surface area contributed by atoms with Gasteiger partial charge in [0.15, 0.2) is 5.65 Å². The minimum atomic E-state index is -1.11. The molecule has 26 heavy (non-hydrogen) atoms. The Bertz CT molecular complexity index is 989. The van der Waals surface area contributed by atoms with Crippen molar-refractivity contribution in [3.8, 4) is 0 Å². The summed E-state index contributed by atoms with van der Waals surface area (Å²) >= 11 is 0. The van der Waals surface area contributed by atoms with Gasteiger partial charge in [-0.15, -0.1) is 5.10 Å². The predicted octanol–water partition coefficient (Wildman–Crippen LogP) is 0.302. The fraction of sp³-hybridized carbons (Fsp3) is 0.294. The summed E-state index contributed by atoms with van der Waals surface area (Å²) in [4.78, 5) is 31.7. The quantitative estimate of drug-likeness (QED) is 0.720. The summed E-state index contributed by atoms with van der Waals surface area (Å²) in [6.07, 6.45) is 1.40. The van der Waals surface area contributed by atoms with Crippen LogP contribution in [-0.4, -0.2) is 56.4 Å². The average Bonchev–Trinajstić information content (AvgIpc) is 2.97. The van der Waals surface area contributed by atoms with Crippen LogP contribution in [0.15, 0.2) is 47.5 Å². The van der Waals surface area contributed by atoms with Gasteiger partial charge >= 0.3 is 11.7 Å². The molecule has 0 amide bonds. The zero-order valence-electron chi connectivity index (χ0n) is 14.0. The third-order valence-electron chi connectivity index (χ3n) is 4.47. The van der Waals surface area contributed by atoms with E-state index in [-0.39, 0.29) is 0 Å². The Morgan fingerprint density at radius 1 is 1.08 bits per heavy atom. The van der Waals surface area contributed by atoms with E-state index in [9.17, 15) is 9.59 Å². The van der Waals surface area contributed by atoms with Crippen LogP contribution < -0.4 is 15.5 Å². The van der Waals surface area contributed by atoms with E-state index in [1.165, 1.54) is 16.4 Å². The van der Waals surface area contributed by atoms with Gasteiger partial charge in [-0.3, -0.25) is 4.79 Å². The summed E-state index contributed by atoms with van der Waals surface area (Å²) in [7, 11) is 0. The number of carboxylic acid groups (broad SMARTS) is 1. The van der Waals surface area contributed by atoms with Crippen molar-refractivity contribution in [3.05, 3.63) is 53.2 Å². The van der Waals surface area contributed by atoms with Crippen LogP contribution in [0.4, 0.5) is 11.5 Å². The van der Waals surface area contributed by atoms with Crippen LogP contribution in [-0.2, 0) is 11.3 Å². The molecule has 0 radical (unpaired) electrons. The van der Waals surface area contributed by atoms with Gasteiger partial charge in [0.2, 0.25) is 0 Å². The zero-order chi connectivity index (χ0) is 18.1. The summed E-state index contributed by atoms with van der Waals surface area (Å²) in [5.74, 6) is -0.376. The monoisotopic (exact) mass is 354 g/mol. The Morgan fingerprint density at radius 3 is 2.46 bits per heavy atom. The molecular formula is C17H18N6O3. The maximum Gasteiger partial charge on any atom is 0.352 e. The Morgan fingerprint density at radius 2 is 1.77 bits per heavy atom. The zero-order valence-corrected chi connectivity index (χ0v) is 14.0. The molecular weight excluding hydrogens is 336 g/mol. The topological polar surface area (TPSA) is 96.0 Å². The fourth-order valence-corrected chi connectivity index (χ4v) is 3.15. The number of aliphatic carboxylic acids is 1. The van der Waals surface area contributed by atoms with Crippen molar-refractivity contribution in [3.63, 3.8) is 0 Å². The molecule has 0 bridgehead atoms. The molecule has 1 aliphatic heterocycles. The third-order valence-corrected chi connectivity index (χ3v) is 4.47. The molecule has 0 aliphatic carbocycles. The summed E-state index contributed by atoms with van der Waals surface area (Å²) in [6.45, 7) is 2.89. The van der Waals surface area contributed by atoms with Gasteiger partial charge < -0.3 is 14.9 Å². The first-order valence-corrected chi connectivity index (χ1v) is 8.34. The second-order valence-electron chi connectivity index (χ2n) is 6.12. The molecule has 1 fully saturated rings. The number of hydrogen-bond acceptors (Lipinski definition) is 6. The normalized spacial score (nSPS) is 14.8. The van der Waals surface area contributed by atoms with Gasteiger partial charge in [0, 0.05) is 37.9 Å². The van der Waals surface area contributed by atoms with Gasteiger partial charge in [-0.05, 0) is 12.1 Å². The minimum absolute atomic E-state index is 0.395. The summed E-state index contributed by atoms with van der Waals surface area (Å²) in [5.41, 5.74) is 1.09. The molecule has 1 N–H and O–H groups in total. The highest BCUT2D eigenvalue weighted by Gasteiger charge is 2.19. The second-order valence-corrected chi connectivity index (χ2v) is 6.12. The highest BCUT2D eigenvalue weighted by molar-refractivity contribution is 5.66. The third kappa shape index (κ3) is 2.99. The lowest BCUT2D eigenvalue weighted by Crippen LogP contribution is -2.46. The van der Waals surface area contributed by atoms with Crippen molar-refractivity contribution in [1.82, 2.24) is 19.2 Å². The van der Waals surface area contributed by atoms with Crippen molar-refractivity contribution in [1.29, 1.82) is 0 Å². The minimum Gasteiger partial charge on any atom is -0.480 e.